The van der Waals surface area contributed by atoms with Crippen LogP contribution in [0, 0.1) is 29.6 Å². The second-order valence-electron chi connectivity index (χ2n) is 16.9. The molecule has 1 unspecified atom stereocenters. The first-order valence-electron chi connectivity index (χ1n) is 20.2. The molecule has 0 spiro atoms. The molecule has 6 amide bonds. The molecular formula is C41H64N8O6S. The molecule has 2 bridgehead atoms. The number of thioether (sulfide) groups is 1. The first-order chi connectivity index (χ1) is 26.4. The van der Waals surface area contributed by atoms with Crippen LogP contribution in [0.5, 0.6) is 0 Å². The molecule has 0 saturated carbocycles. The van der Waals surface area contributed by atoms with E-state index in [1.165, 1.54) is 11.8 Å². The zero-order valence-electron chi connectivity index (χ0n) is 34.6. The number of fused-ring (bicyclic) bond motifs is 3. The first-order valence-corrected chi connectivity index (χ1v) is 21.2. The third-order valence-corrected chi connectivity index (χ3v) is 12.2. The summed E-state index contributed by atoms with van der Waals surface area (Å²) in [5.74, 6) is -3.49. The van der Waals surface area contributed by atoms with E-state index in [2.05, 4.69) is 42.2 Å². The summed E-state index contributed by atoms with van der Waals surface area (Å²) in [4.78, 5) is 87.6. The summed E-state index contributed by atoms with van der Waals surface area (Å²) in [5.41, 5.74) is 1.66. The highest BCUT2D eigenvalue weighted by molar-refractivity contribution is 8.00. The van der Waals surface area contributed by atoms with Crippen molar-refractivity contribution in [2.75, 3.05) is 5.75 Å². The normalized spacial score (nSPS) is 28.4. The van der Waals surface area contributed by atoms with Crippen molar-refractivity contribution in [1.82, 2.24) is 42.2 Å². The summed E-state index contributed by atoms with van der Waals surface area (Å²) in [7, 11) is 0. The van der Waals surface area contributed by atoms with Crippen molar-refractivity contribution in [2.24, 2.45) is 29.6 Å². The zero-order valence-corrected chi connectivity index (χ0v) is 35.4. The maximum absolute atomic E-state index is 14.4. The maximum atomic E-state index is 14.4. The molecule has 9 atom stereocenters. The molecule has 56 heavy (non-hydrogen) atoms. The molecule has 0 aliphatic carbocycles. The van der Waals surface area contributed by atoms with E-state index in [-0.39, 0.29) is 59.6 Å². The van der Waals surface area contributed by atoms with Crippen LogP contribution >= 0.6 is 11.8 Å². The van der Waals surface area contributed by atoms with Gasteiger partial charge >= 0.3 is 0 Å². The van der Waals surface area contributed by atoms with Crippen LogP contribution in [0.15, 0.2) is 30.5 Å². The van der Waals surface area contributed by atoms with Crippen molar-refractivity contribution in [3.05, 3.63) is 36.0 Å². The zero-order chi connectivity index (χ0) is 41.4. The average molecular weight is 797 g/mol. The summed E-state index contributed by atoms with van der Waals surface area (Å²) in [5, 5.41) is 21.7. The van der Waals surface area contributed by atoms with E-state index in [9.17, 15) is 28.8 Å². The van der Waals surface area contributed by atoms with Gasteiger partial charge in [0, 0.05) is 29.3 Å². The highest BCUT2D eigenvalue weighted by Crippen LogP contribution is 2.26. The molecule has 2 fully saturated rings. The van der Waals surface area contributed by atoms with Crippen LogP contribution < -0.4 is 37.2 Å². The van der Waals surface area contributed by atoms with Gasteiger partial charge in [0.25, 0.3) is 0 Å². The molecular weight excluding hydrogens is 733 g/mol. The fourth-order valence-corrected chi connectivity index (χ4v) is 8.69. The van der Waals surface area contributed by atoms with Crippen LogP contribution in [0.4, 0.5) is 0 Å². The Morgan fingerprint density at radius 2 is 1.20 bits per heavy atom. The molecule has 8 N–H and O–H groups in total. The van der Waals surface area contributed by atoms with E-state index >= 15 is 0 Å². The second-order valence-corrected chi connectivity index (χ2v) is 18.1. The van der Waals surface area contributed by atoms with Crippen molar-refractivity contribution in [1.29, 1.82) is 0 Å². The van der Waals surface area contributed by atoms with Crippen LogP contribution in [0.25, 0.3) is 10.9 Å². The van der Waals surface area contributed by atoms with Crippen molar-refractivity contribution in [3.63, 3.8) is 0 Å². The molecule has 1 aromatic heterocycles. The number of amides is 6. The molecule has 3 heterocycles. The Bertz CT molecular complexity index is 1710. The third kappa shape index (κ3) is 11.3. The van der Waals surface area contributed by atoms with E-state index in [4.69, 9.17) is 0 Å². The molecule has 15 heteroatoms. The lowest BCUT2D eigenvalue weighted by atomic mass is 9.96. The molecule has 2 aliphatic heterocycles. The topological polar surface area (TPSA) is 202 Å². The fourth-order valence-electron chi connectivity index (χ4n) is 7.19. The summed E-state index contributed by atoms with van der Waals surface area (Å²) >= 11 is 1.51. The van der Waals surface area contributed by atoms with Gasteiger partial charge < -0.3 is 36.9 Å². The SMILES string of the molecule is CC[C@@H](C)[C@H]1NC(=O)[C@@H]2CSC(N2)[C@H](C(C)C)NC(=O)[C@@H](C(C)C)NC(=O)[C@H](C(C)C)NC(=O)[C@@H](CC(C)C)NC(=O)[C@H](Cc2c[nH]c3ccccc23)NC1=O. The van der Waals surface area contributed by atoms with E-state index < -0.39 is 65.9 Å². The molecule has 2 saturated heterocycles. The minimum absolute atomic E-state index is 0.0245. The van der Waals surface area contributed by atoms with Crippen molar-refractivity contribution in [3.8, 4) is 0 Å². The largest absolute Gasteiger partial charge is 0.361 e. The Balaban J connectivity index is 1.77. The predicted octanol–water partition coefficient (Wildman–Crippen LogP) is 2.72. The number of para-hydroxylation sites is 1. The Kier molecular flexibility index (Phi) is 15.8. The Labute approximate surface area is 335 Å². The lowest BCUT2D eigenvalue weighted by Gasteiger charge is -2.32. The summed E-state index contributed by atoms with van der Waals surface area (Å²) < 4.78 is 0. The number of hydrogen-bond acceptors (Lipinski definition) is 8. The monoisotopic (exact) mass is 796 g/mol. The number of carbonyl (C=O) groups excluding carboxylic acids is 6. The lowest BCUT2D eigenvalue weighted by Crippen LogP contribution is -2.61. The van der Waals surface area contributed by atoms with Gasteiger partial charge in [0.05, 0.1) is 17.5 Å². The van der Waals surface area contributed by atoms with Crippen molar-refractivity contribution >= 4 is 58.1 Å². The van der Waals surface area contributed by atoms with Crippen LogP contribution in [0.2, 0.25) is 0 Å². The van der Waals surface area contributed by atoms with E-state index in [0.29, 0.717) is 12.2 Å². The minimum Gasteiger partial charge on any atom is -0.361 e. The molecule has 1 aromatic carbocycles. The van der Waals surface area contributed by atoms with Gasteiger partial charge in [0.2, 0.25) is 35.4 Å². The molecule has 2 aliphatic rings. The van der Waals surface area contributed by atoms with Crippen LogP contribution in [0.3, 0.4) is 0 Å². The molecule has 0 radical (unpaired) electrons. The fraction of sp³-hybridized carbons (Fsp3) is 0.659. The van der Waals surface area contributed by atoms with Crippen LogP contribution in [0.1, 0.15) is 87.6 Å². The number of rotatable bonds is 9. The van der Waals surface area contributed by atoms with E-state index in [1.807, 2.05) is 79.7 Å². The van der Waals surface area contributed by atoms with Gasteiger partial charge in [0.1, 0.15) is 30.2 Å². The number of aromatic amines is 1. The van der Waals surface area contributed by atoms with Gasteiger partial charge in [-0.2, -0.15) is 0 Å². The Hall–Kier alpha value is -4.11. The second kappa shape index (κ2) is 19.8. The summed E-state index contributed by atoms with van der Waals surface area (Å²) in [6.45, 7) is 18.9. The number of H-pyrrole nitrogens is 1. The molecule has 310 valence electrons. The summed E-state index contributed by atoms with van der Waals surface area (Å²) in [6, 6.07) is 1.55. The number of carbonyl (C=O) groups is 6. The highest BCUT2D eigenvalue weighted by Gasteiger charge is 2.41. The maximum Gasteiger partial charge on any atom is 0.243 e. The van der Waals surface area contributed by atoms with Crippen LogP contribution in [-0.4, -0.2) is 93.8 Å². The predicted molar refractivity (Wildman–Crippen MR) is 220 cm³/mol. The standard InChI is InChI=1S/C41H64N8O6S/c1-11-24(10)34-40(55)44-29(17-25-18-42-27-15-13-12-14-26(25)27)35(50)43-28(16-20(2)3)36(51)46-31(21(4)5)38(53)47-32(22(6)7)39(54)48-33(23(8)9)41-45-30(19-56-41)37(52)49-34/h12-15,18,20-24,28-34,41-42,45H,11,16-17,19H2,1-10H3,(H,43,50)(H,44,55)(H,46,51)(H,47,53)(H,48,54)(H,49,52)/t24-,28-,29+,30+,31+,32-,33+,34-,41?/m1/s1. The number of nitrogens with one attached hydrogen (secondary N) is 8. The van der Waals surface area contributed by atoms with Crippen molar-refractivity contribution in [2.45, 2.75) is 136 Å². The Morgan fingerprint density at radius 1 is 0.643 bits per heavy atom. The van der Waals surface area contributed by atoms with Gasteiger partial charge in [-0.3, -0.25) is 34.1 Å². The number of benzene rings is 1. The van der Waals surface area contributed by atoms with Gasteiger partial charge in [-0.05, 0) is 47.6 Å². The highest BCUT2D eigenvalue weighted by atomic mass is 32.2. The van der Waals surface area contributed by atoms with E-state index in [0.717, 1.165) is 16.5 Å². The van der Waals surface area contributed by atoms with Crippen molar-refractivity contribution < 1.29 is 28.8 Å². The minimum atomic E-state index is -1.12. The lowest BCUT2D eigenvalue weighted by molar-refractivity contribution is -0.136. The Morgan fingerprint density at radius 3 is 1.80 bits per heavy atom. The average Bonchev–Trinajstić information content (AvgIpc) is 3.79. The molecule has 2 aromatic rings. The first kappa shape index (κ1) is 44.6. The van der Waals surface area contributed by atoms with Gasteiger partial charge in [0.15, 0.2) is 0 Å². The molecule has 14 nitrogen and oxygen atoms in total. The van der Waals surface area contributed by atoms with Gasteiger partial charge in [-0.15, -0.1) is 11.8 Å². The third-order valence-electron chi connectivity index (χ3n) is 10.8. The summed E-state index contributed by atoms with van der Waals surface area (Å²) in [6.07, 6.45) is 2.74. The van der Waals surface area contributed by atoms with Crippen LogP contribution in [-0.2, 0) is 35.2 Å². The number of aromatic nitrogens is 1. The quantitative estimate of drug-likeness (QED) is 0.189. The number of hydrogen-bond donors (Lipinski definition) is 8. The van der Waals surface area contributed by atoms with Gasteiger partial charge in [-0.1, -0.05) is 93.9 Å². The molecule has 4 rings (SSSR count). The van der Waals surface area contributed by atoms with E-state index in [1.54, 1.807) is 20.0 Å². The van der Waals surface area contributed by atoms with Gasteiger partial charge in [-0.25, -0.2) is 0 Å². The smallest absolute Gasteiger partial charge is 0.243 e.